The monoisotopic (exact) mass is 792 g/mol. The highest BCUT2D eigenvalue weighted by Gasteiger charge is 2.22. The Morgan fingerprint density at radius 1 is 0.306 bits per heavy atom. The fourth-order valence-corrected chi connectivity index (χ4v) is 8.52. The topological polar surface area (TPSA) is 34.0 Å². The molecule has 0 radical (unpaired) electrons. The zero-order chi connectivity index (χ0) is 41.2. The van der Waals surface area contributed by atoms with Gasteiger partial charge in [0, 0.05) is 39.3 Å². The molecule has 2 aromatic heterocycles. The van der Waals surface area contributed by atoms with E-state index in [0.29, 0.717) is 0 Å². The highest BCUT2D eigenvalue weighted by atomic mass is 15.1. The van der Waals surface area contributed by atoms with E-state index in [1.54, 1.807) is 0 Å². The van der Waals surface area contributed by atoms with Crippen LogP contribution in [0.15, 0.2) is 243 Å². The Bertz CT molecular complexity index is 3190. The molecular weight excluding hydrogens is 753 g/mol. The van der Waals surface area contributed by atoms with Crippen LogP contribution in [0.5, 0.6) is 0 Å². The number of pyridine rings is 1. The van der Waals surface area contributed by atoms with Crippen molar-refractivity contribution in [3.05, 3.63) is 243 Å². The summed E-state index contributed by atoms with van der Waals surface area (Å²) in [6.07, 6.45) is 0. The van der Waals surface area contributed by atoms with Crippen LogP contribution in [0.1, 0.15) is 0 Å². The molecule has 62 heavy (non-hydrogen) atoms. The first kappa shape index (κ1) is 36.7. The van der Waals surface area contributed by atoms with Crippen molar-refractivity contribution in [3.8, 4) is 61.7 Å². The quantitative estimate of drug-likeness (QED) is 0.146. The van der Waals surface area contributed by atoms with Crippen LogP contribution in [0.2, 0.25) is 0 Å². The molecule has 2 heterocycles. The van der Waals surface area contributed by atoms with E-state index in [-0.39, 0.29) is 0 Å². The van der Waals surface area contributed by atoms with Crippen LogP contribution in [-0.4, -0.2) is 14.5 Å². The molecule has 0 unspecified atom stereocenters. The van der Waals surface area contributed by atoms with Crippen molar-refractivity contribution in [1.29, 1.82) is 0 Å². The van der Waals surface area contributed by atoms with Crippen molar-refractivity contribution >= 4 is 39.0 Å². The number of hydrogen-bond acceptors (Lipinski definition) is 3. The summed E-state index contributed by atoms with van der Waals surface area (Å²) < 4.78 is 2.27. The minimum absolute atomic E-state index is 0.871. The maximum Gasteiger partial charge on any atom is 0.145 e. The van der Waals surface area contributed by atoms with Crippen molar-refractivity contribution in [3.63, 3.8) is 0 Å². The van der Waals surface area contributed by atoms with Crippen molar-refractivity contribution in [2.24, 2.45) is 0 Å². The van der Waals surface area contributed by atoms with E-state index in [4.69, 9.17) is 9.97 Å². The van der Waals surface area contributed by atoms with Crippen molar-refractivity contribution in [1.82, 2.24) is 14.5 Å². The lowest BCUT2D eigenvalue weighted by molar-refractivity contribution is 1.10. The van der Waals surface area contributed by atoms with Gasteiger partial charge in [-0.05, 0) is 88.0 Å². The number of hydrogen-bond donors (Lipinski definition) is 0. The normalized spacial score (nSPS) is 11.2. The lowest BCUT2D eigenvalue weighted by atomic mass is 10.0. The first-order chi connectivity index (χ1) is 30.7. The number of anilines is 3. The fraction of sp³-hybridized carbons (Fsp3) is 0. The van der Waals surface area contributed by atoms with E-state index < -0.39 is 0 Å². The third kappa shape index (κ3) is 6.90. The maximum atomic E-state index is 5.43. The van der Waals surface area contributed by atoms with Crippen LogP contribution in [-0.2, 0) is 0 Å². The maximum absolute atomic E-state index is 5.43. The molecule has 0 aliphatic carbocycles. The van der Waals surface area contributed by atoms with Gasteiger partial charge in [-0.25, -0.2) is 9.97 Å². The van der Waals surface area contributed by atoms with Gasteiger partial charge in [0.05, 0.1) is 11.2 Å². The second-order valence-electron chi connectivity index (χ2n) is 15.4. The van der Waals surface area contributed by atoms with Crippen molar-refractivity contribution < 1.29 is 0 Å². The van der Waals surface area contributed by atoms with Gasteiger partial charge in [-0.1, -0.05) is 188 Å². The van der Waals surface area contributed by atoms with E-state index >= 15 is 0 Å². The van der Waals surface area contributed by atoms with Gasteiger partial charge in [0.1, 0.15) is 16.9 Å². The van der Waals surface area contributed by atoms with E-state index in [1.165, 1.54) is 22.3 Å². The number of rotatable bonds is 9. The average molecular weight is 793 g/mol. The van der Waals surface area contributed by atoms with E-state index in [1.807, 2.05) is 12.1 Å². The van der Waals surface area contributed by atoms with Crippen LogP contribution in [0.3, 0.4) is 0 Å². The number of fused-ring (bicyclic) bond motifs is 3. The summed E-state index contributed by atoms with van der Waals surface area (Å²) in [6, 6.07) is 85.6. The summed E-state index contributed by atoms with van der Waals surface area (Å²) in [5, 5.41) is 1.03. The number of benzene rings is 9. The summed E-state index contributed by atoms with van der Waals surface area (Å²) in [4.78, 5) is 13.0. The Kier molecular flexibility index (Phi) is 9.49. The highest BCUT2D eigenvalue weighted by molar-refractivity contribution is 6.09. The summed E-state index contributed by atoms with van der Waals surface area (Å²) in [7, 11) is 0. The molecule has 4 nitrogen and oxygen atoms in total. The lowest BCUT2D eigenvalue weighted by Crippen LogP contribution is -2.09. The molecule has 0 amide bonds. The van der Waals surface area contributed by atoms with Crippen LogP contribution < -0.4 is 4.90 Å². The SMILES string of the molecule is c1ccc(-c2ccc(N(c3ccc(-c4ccccc4)cc3)c3ccc(-c4ccc(-c5nc6c7ccccc7nc(-c7ccccc7)c6n5-c5ccccc5)cc4)cc3)cc2)cc1. The van der Waals surface area contributed by atoms with Crippen molar-refractivity contribution in [2.45, 2.75) is 0 Å². The number of nitrogens with zero attached hydrogens (tertiary/aromatic N) is 4. The molecule has 11 rings (SSSR count). The minimum Gasteiger partial charge on any atom is -0.311 e. The molecule has 0 aliphatic rings. The zero-order valence-corrected chi connectivity index (χ0v) is 33.9. The average Bonchev–Trinajstić information content (AvgIpc) is 3.77. The molecule has 0 N–H and O–H groups in total. The minimum atomic E-state index is 0.871. The molecule has 0 fully saturated rings. The van der Waals surface area contributed by atoms with Gasteiger partial charge in [-0.2, -0.15) is 0 Å². The van der Waals surface area contributed by atoms with E-state index in [2.05, 4.69) is 240 Å². The predicted octanol–water partition coefficient (Wildman–Crippen LogP) is 15.4. The summed E-state index contributed by atoms with van der Waals surface area (Å²) in [6.45, 7) is 0. The summed E-state index contributed by atoms with van der Waals surface area (Å²) in [5.41, 5.74) is 17.2. The van der Waals surface area contributed by atoms with Gasteiger partial charge in [0.2, 0.25) is 0 Å². The Morgan fingerprint density at radius 3 is 1.16 bits per heavy atom. The van der Waals surface area contributed by atoms with Gasteiger partial charge < -0.3 is 4.90 Å². The second-order valence-corrected chi connectivity index (χ2v) is 15.4. The van der Waals surface area contributed by atoms with Crippen LogP contribution >= 0.6 is 0 Å². The molecule has 292 valence electrons. The molecule has 0 bridgehead atoms. The third-order valence-electron chi connectivity index (χ3n) is 11.6. The number of aromatic nitrogens is 3. The summed E-state index contributed by atoms with van der Waals surface area (Å²) in [5.74, 6) is 0.871. The lowest BCUT2D eigenvalue weighted by Gasteiger charge is -2.26. The molecular formula is C58H40N4. The summed E-state index contributed by atoms with van der Waals surface area (Å²) >= 11 is 0. The molecule has 0 aliphatic heterocycles. The van der Waals surface area contributed by atoms with Gasteiger partial charge in [0.25, 0.3) is 0 Å². The molecule has 11 aromatic rings. The predicted molar refractivity (Wildman–Crippen MR) is 258 cm³/mol. The zero-order valence-electron chi connectivity index (χ0n) is 33.9. The third-order valence-corrected chi connectivity index (χ3v) is 11.6. The van der Waals surface area contributed by atoms with Crippen LogP contribution in [0.25, 0.3) is 83.6 Å². The highest BCUT2D eigenvalue weighted by Crippen LogP contribution is 2.40. The molecule has 9 aromatic carbocycles. The Balaban J connectivity index is 0.967. The van der Waals surface area contributed by atoms with Crippen LogP contribution in [0, 0.1) is 0 Å². The fourth-order valence-electron chi connectivity index (χ4n) is 8.52. The number of para-hydroxylation sites is 2. The molecule has 0 saturated carbocycles. The van der Waals surface area contributed by atoms with Crippen molar-refractivity contribution in [2.75, 3.05) is 4.90 Å². The van der Waals surface area contributed by atoms with Gasteiger partial charge >= 0.3 is 0 Å². The van der Waals surface area contributed by atoms with Gasteiger partial charge in [-0.15, -0.1) is 0 Å². The van der Waals surface area contributed by atoms with E-state index in [0.717, 1.165) is 78.5 Å². The Morgan fingerprint density at radius 2 is 0.677 bits per heavy atom. The molecule has 0 saturated heterocycles. The largest absolute Gasteiger partial charge is 0.311 e. The Hall–Kier alpha value is -8.34. The molecule has 4 heteroatoms. The standard InChI is InChI=1S/C58H40N4/c1-5-15-41(16-6-1)44-29-35-50(36-30-44)61(51-37-31-45(32-38-51)42-17-7-2-8-18-42)52-39-33-46(34-40-52)43-25-27-48(28-26-43)58-60-56-53-23-13-14-24-54(53)59-55(47-19-9-3-10-20-47)57(56)62(58)49-21-11-4-12-22-49/h1-40H. The van der Waals surface area contributed by atoms with Gasteiger partial charge in [0.15, 0.2) is 0 Å². The Labute approximate surface area is 361 Å². The first-order valence-corrected chi connectivity index (χ1v) is 21.0. The van der Waals surface area contributed by atoms with Gasteiger partial charge in [-0.3, -0.25) is 4.57 Å². The number of imidazole rings is 1. The van der Waals surface area contributed by atoms with Crippen LogP contribution in [0.4, 0.5) is 17.1 Å². The molecule has 0 atom stereocenters. The first-order valence-electron chi connectivity index (χ1n) is 21.0. The smallest absolute Gasteiger partial charge is 0.145 e. The molecule has 0 spiro atoms. The second kappa shape index (κ2) is 16.0. The van der Waals surface area contributed by atoms with E-state index in [9.17, 15) is 0 Å².